The first kappa shape index (κ1) is 21.6. The fraction of sp³-hybridized carbons (Fsp3) is 0.360. The number of anilines is 5. The van der Waals surface area contributed by atoms with Gasteiger partial charge in [0.15, 0.2) is 5.58 Å². The molecule has 2 fully saturated rings. The zero-order valence-corrected chi connectivity index (χ0v) is 19.8. The lowest BCUT2D eigenvalue weighted by Gasteiger charge is -2.24. The molecule has 0 bridgehead atoms. The second-order valence-corrected chi connectivity index (χ2v) is 9.77. The van der Waals surface area contributed by atoms with Crippen LogP contribution in [0.15, 0.2) is 51.9 Å². The van der Waals surface area contributed by atoms with Gasteiger partial charge >= 0.3 is 5.76 Å². The van der Waals surface area contributed by atoms with E-state index in [9.17, 15) is 4.79 Å². The van der Waals surface area contributed by atoms with Gasteiger partial charge < -0.3 is 24.9 Å². The van der Waals surface area contributed by atoms with E-state index in [4.69, 9.17) is 9.40 Å². The van der Waals surface area contributed by atoms with E-state index in [1.807, 2.05) is 31.3 Å². The Bertz CT molecular complexity index is 1430. The molecule has 0 saturated carbocycles. The maximum absolute atomic E-state index is 11.4. The SMILES string of the molecule is Cc1cnc(Nc2ccc(N3CCC4(CCN(C)C4)C3)nc2)nc1Nc1ccc2oc(=O)[nH]c2c1. The molecule has 1 aromatic carbocycles. The number of oxazole rings is 1. The minimum Gasteiger partial charge on any atom is -0.408 e. The lowest BCUT2D eigenvalue weighted by atomic mass is 9.86. The van der Waals surface area contributed by atoms with Gasteiger partial charge in [0.1, 0.15) is 11.6 Å². The van der Waals surface area contributed by atoms with Gasteiger partial charge in [-0.1, -0.05) is 0 Å². The van der Waals surface area contributed by atoms with Crippen LogP contribution in [0, 0.1) is 12.3 Å². The number of aromatic nitrogens is 4. The number of aryl methyl sites for hydroxylation is 1. The smallest absolute Gasteiger partial charge is 0.408 e. The van der Waals surface area contributed by atoms with Crippen LogP contribution in [0.2, 0.25) is 0 Å². The van der Waals surface area contributed by atoms with Crippen LogP contribution in [0.1, 0.15) is 18.4 Å². The van der Waals surface area contributed by atoms with Crippen molar-refractivity contribution in [3.8, 4) is 0 Å². The Morgan fingerprint density at radius 2 is 1.89 bits per heavy atom. The van der Waals surface area contributed by atoms with Crippen molar-refractivity contribution < 1.29 is 4.42 Å². The van der Waals surface area contributed by atoms with Crippen molar-refractivity contribution >= 4 is 40.1 Å². The predicted molar refractivity (Wildman–Crippen MR) is 136 cm³/mol. The van der Waals surface area contributed by atoms with Gasteiger partial charge in [-0.25, -0.2) is 14.8 Å². The zero-order chi connectivity index (χ0) is 24.0. The zero-order valence-electron chi connectivity index (χ0n) is 19.8. The van der Waals surface area contributed by atoms with Crippen LogP contribution in [0.3, 0.4) is 0 Å². The summed E-state index contributed by atoms with van der Waals surface area (Å²) in [6, 6.07) is 9.47. The largest absolute Gasteiger partial charge is 0.417 e. The van der Waals surface area contributed by atoms with Crippen molar-refractivity contribution in [1.29, 1.82) is 0 Å². The molecule has 0 radical (unpaired) electrons. The molecule has 1 unspecified atom stereocenters. The second-order valence-electron chi connectivity index (χ2n) is 9.77. The van der Waals surface area contributed by atoms with Crippen LogP contribution < -0.4 is 21.3 Å². The maximum Gasteiger partial charge on any atom is 0.417 e. The van der Waals surface area contributed by atoms with Crippen molar-refractivity contribution in [2.24, 2.45) is 5.41 Å². The topological polar surface area (TPSA) is 115 Å². The summed E-state index contributed by atoms with van der Waals surface area (Å²) in [6.45, 7) is 6.44. The first-order valence-electron chi connectivity index (χ1n) is 11.8. The number of hydrogen-bond donors (Lipinski definition) is 3. The van der Waals surface area contributed by atoms with Crippen LogP contribution >= 0.6 is 0 Å². The fourth-order valence-corrected chi connectivity index (χ4v) is 5.19. The molecule has 35 heavy (non-hydrogen) atoms. The van der Waals surface area contributed by atoms with Crippen molar-refractivity contribution in [3.05, 3.63) is 58.8 Å². The number of nitrogens with zero attached hydrogens (tertiary/aromatic N) is 5. The summed E-state index contributed by atoms with van der Waals surface area (Å²) < 4.78 is 5.07. The lowest BCUT2D eigenvalue weighted by molar-refractivity contribution is 0.312. The Hall–Kier alpha value is -3.92. The average Bonchev–Trinajstić information content (AvgIpc) is 3.54. The Morgan fingerprint density at radius 1 is 1.03 bits per heavy atom. The molecular formula is C25H28N8O2. The number of hydrogen-bond acceptors (Lipinski definition) is 9. The molecular weight excluding hydrogens is 444 g/mol. The molecule has 0 aliphatic carbocycles. The number of likely N-dealkylation sites (tertiary alicyclic amines) is 1. The predicted octanol–water partition coefficient (Wildman–Crippen LogP) is 3.63. The summed E-state index contributed by atoms with van der Waals surface area (Å²) in [5, 5.41) is 6.54. The van der Waals surface area contributed by atoms with E-state index in [-0.39, 0.29) is 0 Å². The molecule has 3 N–H and O–H groups in total. The molecule has 3 aromatic heterocycles. The number of nitrogens with one attached hydrogen (secondary N) is 3. The fourth-order valence-electron chi connectivity index (χ4n) is 5.19. The van der Waals surface area contributed by atoms with Crippen LogP contribution in [0.4, 0.5) is 29.0 Å². The number of H-pyrrole nitrogens is 1. The average molecular weight is 473 g/mol. The van der Waals surface area contributed by atoms with E-state index in [2.05, 4.69) is 48.5 Å². The van der Waals surface area contributed by atoms with Gasteiger partial charge in [-0.3, -0.25) is 4.98 Å². The third kappa shape index (κ3) is 4.32. The molecule has 2 saturated heterocycles. The molecule has 5 heterocycles. The maximum atomic E-state index is 11.4. The number of aromatic amines is 1. The van der Waals surface area contributed by atoms with Crippen molar-refractivity contribution in [1.82, 2.24) is 24.8 Å². The Kier molecular flexibility index (Phi) is 5.18. The lowest BCUT2D eigenvalue weighted by Crippen LogP contribution is -2.30. The summed E-state index contributed by atoms with van der Waals surface area (Å²) in [4.78, 5) is 32.7. The van der Waals surface area contributed by atoms with E-state index in [1.54, 1.807) is 12.3 Å². The standard InChI is InChI=1S/C25H28N8O2/c1-16-12-27-23(31-22(16)28-17-3-5-20-19(11-17)30-24(34)35-20)29-18-4-6-21(26-13-18)33-10-8-25(15-33)7-9-32(2)14-25/h3-6,11-13H,7-10,14-15H2,1-2H3,(H,30,34)(H2,27,28,29,31). The molecule has 10 nitrogen and oxygen atoms in total. The molecule has 1 spiro atoms. The molecule has 6 rings (SSSR count). The van der Waals surface area contributed by atoms with Crippen molar-refractivity contribution in [2.45, 2.75) is 19.8 Å². The monoisotopic (exact) mass is 472 g/mol. The van der Waals surface area contributed by atoms with Gasteiger partial charge in [-0.05, 0) is 63.7 Å². The van der Waals surface area contributed by atoms with E-state index >= 15 is 0 Å². The first-order valence-corrected chi connectivity index (χ1v) is 11.8. The van der Waals surface area contributed by atoms with Crippen LogP contribution in [0.25, 0.3) is 11.1 Å². The van der Waals surface area contributed by atoms with E-state index in [1.165, 1.54) is 25.9 Å². The highest BCUT2D eigenvalue weighted by Gasteiger charge is 2.42. The van der Waals surface area contributed by atoms with Gasteiger partial charge in [0.2, 0.25) is 5.95 Å². The van der Waals surface area contributed by atoms with Crippen LogP contribution in [-0.2, 0) is 0 Å². The highest BCUT2D eigenvalue weighted by Crippen LogP contribution is 2.40. The van der Waals surface area contributed by atoms with Crippen molar-refractivity contribution in [3.63, 3.8) is 0 Å². The van der Waals surface area contributed by atoms with Gasteiger partial charge in [0.25, 0.3) is 0 Å². The summed E-state index contributed by atoms with van der Waals surface area (Å²) in [6.07, 6.45) is 6.10. The molecule has 180 valence electrons. The number of pyridine rings is 1. The van der Waals surface area contributed by atoms with Gasteiger partial charge in [-0.15, -0.1) is 0 Å². The quantitative estimate of drug-likeness (QED) is 0.400. The van der Waals surface area contributed by atoms with Crippen LogP contribution in [-0.4, -0.2) is 58.1 Å². The van der Waals surface area contributed by atoms with Crippen molar-refractivity contribution in [2.75, 3.05) is 48.8 Å². The third-order valence-corrected chi connectivity index (χ3v) is 7.05. The molecule has 4 aromatic rings. The van der Waals surface area contributed by atoms with E-state index in [0.717, 1.165) is 35.8 Å². The summed E-state index contributed by atoms with van der Waals surface area (Å²) >= 11 is 0. The highest BCUT2D eigenvalue weighted by molar-refractivity contribution is 5.78. The van der Waals surface area contributed by atoms with Crippen LogP contribution in [0.5, 0.6) is 0 Å². The van der Waals surface area contributed by atoms with E-state index < -0.39 is 5.76 Å². The van der Waals surface area contributed by atoms with E-state index in [0.29, 0.717) is 28.3 Å². The summed E-state index contributed by atoms with van der Waals surface area (Å²) in [7, 11) is 2.21. The van der Waals surface area contributed by atoms with Gasteiger partial charge in [-0.2, -0.15) is 4.98 Å². The molecule has 1 atom stereocenters. The normalized spacial score (nSPS) is 20.2. The number of fused-ring (bicyclic) bond motifs is 1. The number of rotatable bonds is 5. The number of benzene rings is 1. The molecule has 10 heteroatoms. The Balaban J connectivity index is 1.14. The molecule has 0 amide bonds. The summed E-state index contributed by atoms with van der Waals surface area (Å²) in [5.41, 5.74) is 4.06. The first-order chi connectivity index (χ1) is 16.9. The third-order valence-electron chi connectivity index (χ3n) is 7.05. The minimum atomic E-state index is -0.475. The second kappa shape index (κ2) is 8.38. The summed E-state index contributed by atoms with van der Waals surface area (Å²) in [5.74, 6) is 1.68. The molecule has 2 aliphatic rings. The Labute approximate surface area is 202 Å². The Morgan fingerprint density at radius 3 is 2.69 bits per heavy atom. The highest BCUT2D eigenvalue weighted by atomic mass is 16.4. The van der Waals surface area contributed by atoms with Gasteiger partial charge in [0.05, 0.1) is 17.4 Å². The molecule has 2 aliphatic heterocycles. The minimum absolute atomic E-state index is 0.421. The van der Waals surface area contributed by atoms with Gasteiger partial charge in [0, 0.05) is 42.5 Å².